The van der Waals surface area contributed by atoms with E-state index in [2.05, 4.69) is 0 Å². The number of halogens is 1. The van der Waals surface area contributed by atoms with Crippen molar-refractivity contribution in [3.8, 4) is 0 Å². The van der Waals surface area contributed by atoms with E-state index in [1.165, 1.54) is 12.1 Å². The Hall–Kier alpha value is -1.91. The molecule has 0 aliphatic heterocycles. The third-order valence-corrected chi connectivity index (χ3v) is 4.53. The van der Waals surface area contributed by atoms with Gasteiger partial charge in [0.25, 0.3) is 0 Å². The number of carboxylic acids is 1. The van der Waals surface area contributed by atoms with Gasteiger partial charge in [0.15, 0.2) is 0 Å². The lowest BCUT2D eigenvalue weighted by Gasteiger charge is -2.34. The van der Waals surface area contributed by atoms with Crippen molar-refractivity contribution in [2.24, 2.45) is 0 Å². The molecular weight excluding hydrogens is 285 g/mol. The average molecular weight is 307 g/mol. The molecule has 0 saturated heterocycles. The molecule has 1 fully saturated rings. The van der Waals surface area contributed by atoms with E-state index in [0.717, 1.165) is 31.2 Å². The third-order valence-electron chi connectivity index (χ3n) is 4.53. The summed E-state index contributed by atoms with van der Waals surface area (Å²) < 4.78 is 13.2. The molecule has 5 heteroatoms. The van der Waals surface area contributed by atoms with Crippen molar-refractivity contribution in [2.45, 2.75) is 44.4 Å². The van der Waals surface area contributed by atoms with Crippen molar-refractivity contribution in [2.75, 3.05) is 13.1 Å². The van der Waals surface area contributed by atoms with Crippen molar-refractivity contribution >= 4 is 11.9 Å². The van der Waals surface area contributed by atoms with E-state index < -0.39 is 11.4 Å². The van der Waals surface area contributed by atoms with Crippen LogP contribution in [-0.4, -0.2) is 35.0 Å². The normalized spacial score (nSPS) is 16.5. The fraction of sp³-hybridized carbons (Fsp3) is 0.529. The lowest BCUT2D eigenvalue weighted by atomic mass is 9.77. The molecule has 1 aromatic carbocycles. The van der Waals surface area contributed by atoms with Crippen molar-refractivity contribution in [3.05, 3.63) is 35.6 Å². The van der Waals surface area contributed by atoms with Crippen LogP contribution in [0.3, 0.4) is 0 Å². The molecule has 0 bridgehead atoms. The lowest BCUT2D eigenvalue weighted by Crippen LogP contribution is -2.46. The van der Waals surface area contributed by atoms with Crippen LogP contribution in [0.25, 0.3) is 0 Å². The molecule has 4 nitrogen and oxygen atoms in total. The van der Waals surface area contributed by atoms with Gasteiger partial charge in [-0.2, -0.15) is 0 Å². The molecule has 120 valence electrons. The van der Waals surface area contributed by atoms with Crippen LogP contribution in [0.15, 0.2) is 24.3 Å². The molecule has 1 aliphatic carbocycles. The first-order chi connectivity index (χ1) is 10.5. The Labute approximate surface area is 129 Å². The predicted octanol–water partition coefficient (Wildman–Crippen LogP) is 2.96. The topological polar surface area (TPSA) is 57.6 Å². The van der Waals surface area contributed by atoms with Gasteiger partial charge in [-0.05, 0) is 37.5 Å². The van der Waals surface area contributed by atoms with E-state index in [1.807, 2.05) is 6.92 Å². The quantitative estimate of drug-likeness (QED) is 0.879. The second kappa shape index (κ2) is 6.90. The van der Waals surface area contributed by atoms with E-state index >= 15 is 0 Å². The largest absolute Gasteiger partial charge is 0.481 e. The van der Waals surface area contributed by atoms with Gasteiger partial charge < -0.3 is 10.0 Å². The van der Waals surface area contributed by atoms with Crippen LogP contribution in [0, 0.1) is 5.82 Å². The number of aliphatic carboxylic acids is 1. The number of hydrogen-bond acceptors (Lipinski definition) is 2. The Bertz CT molecular complexity index is 535. The molecule has 0 unspecified atom stereocenters. The first-order valence-corrected chi connectivity index (χ1v) is 7.77. The van der Waals surface area contributed by atoms with Gasteiger partial charge in [0.1, 0.15) is 5.82 Å². The minimum absolute atomic E-state index is 0.0274. The van der Waals surface area contributed by atoms with Gasteiger partial charge in [-0.3, -0.25) is 9.59 Å². The maximum Gasteiger partial charge on any atom is 0.305 e. The van der Waals surface area contributed by atoms with E-state index in [9.17, 15) is 14.0 Å². The smallest absolute Gasteiger partial charge is 0.305 e. The van der Waals surface area contributed by atoms with Crippen molar-refractivity contribution < 1.29 is 19.1 Å². The predicted molar refractivity (Wildman–Crippen MR) is 81.1 cm³/mol. The lowest BCUT2D eigenvalue weighted by molar-refractivity contribution is -0.140. The van der Waals surface area contributed by atoms with Crippen molar-refractivity contribution in [3.63, 3.8) is 0 Å². The zero-order valence-corrected chi connectivity index (χ0v) is 12.8. The van der Waals surface area contributed by atoms with Gasteiger partial charge in [0.05, 0.1) is 11.8 Å². The molecule has 0 aromatic heterocycles. The van der Waals surface area contributed by atoms with Crippen LogP contribution in [0.5, 0.6) is 0 Å². The van der Waals surface area contributed by atoms with Crippen LogP contribution < -0.4 is 0 Å². The van der Waals surface area contributed by atoms with Crippen LogP contribution in [-0.2, 0) is 15.0 Å². The standard InChI is InChI=1S/C17H22FNO3/c1-2-19(12-9-15(20)21)16(22)17(10-3-4-11-17)13-5-7-14(18)8-6-13/h5-8H,2-4,9-12H2,1H3,(H,20,21). The number of carbonyl (C=O) groups is 2. The molecule has 2 rings (SSSR count). The Morgan fingerprint density at radius 1 is 1.23 bits per heavy atom. The zero-order valence-electron chi connectivity index (χ0n) is 12.8. The Balaban J connectivity index is 2.27. The second-order valence-electron chi connectivity index (χ2n) is 5.82. The number of rotatable bonds is 6. The molecule has 1 N–H and O–H groups in total. The minimum atomic E-state index is -0.909. The molecule has 22 heavy (non-hydrogen) atoms. The Kier molecular flexibility index (Phi) is 5.16. The van der Waals surface area contributed by atoms with Crippen LogP contribution in [0.2, 0.25) is 0 Å². The number of amides is 1. The van der Waals surface area contributed by atoms with E-state index in [-0.39, 0.29) is 24.7 Å². The molecule has 1 aromatic rings. The summed E-state index contributed by atoms with van der Waals surface area (Å²) >= 11 is 0. The zero-order chi connectivity index (χ0) is 16.2. The number of carboxylic acid groups (broad SMARTS) is 1. The first-order valence-electron chi connectivity index (χ1n) is 7.77. The summed E-state index contributed by atoms with van der Waals surface area (Å²) in [4.78, 5) is 25.4. The molecule has 0 atom stereocenters. The first kappa shape index (κ1) is 16.5. The van der Waals surface area contributed by atoms with E-state index in [4.69, 9.17) is 5.11 Å². The molecular formula is C17H22FNO3. The van der Waals surface area contributed by atoms with E-state index in [0.29, 0.717) is 6.54 Å². The summed E-state index contributed by atoms with van der Waals surface area (Å²) in [6, 6.07) is 6.14. The highest BCUT2D eigenvalue weighted by molar-refractivity contribution is 5.89. The van der Waals surface area contributed by atoms with Gasteiger partial charge >= 0.3 is 5.97 Å². The number of nitrogens with zero attached hydrogens (tertiary/aromatic N) is 1. The van der Waals surface area contributed by atoms with E-state index in [1.54, 1.807) is 17.0 Å². The molecule has 0 spiro atoms. The van der Waals surface area contributed by atoms with Crippen molar-refractivity contribution in [1.29, 1.82) is 0 Å². The van der Waals surface area contributed by atoms with Gasteiger partial charge in [0, 0.05) is 13.1 Å². The highest BCUT2D eigenvalue weighted by Crippen LogP contribution is 2.42. The van der Waals surface area contributed by atoms with Gasteiger partial charge in [-0.15, -0.1) is 0 Å². The van der Waals surface area contributed by atoms with Crippen LogP contribution in [0.4, 0.5) is 4.39 Å². The molecule has 1 aliphatic rings. The van der Waals surface area contributed by atoms with Crippen LogP contribution >= 0.6 is 0 Å². The summed E-state index contributed by atoms with van der Waals surface area (Å²) in [6.07, 6.45) is 3.33. The maximum absolute atomic E-state index is 13.2. The fourth-order valence-electron chi connectivity index (χ4n) is 3.31. The Morgan fingerprint density at radius 3 is 2.32 bits per heavy atom. The summed E-state index contributed by atoms with van der Waals surface area (Å²) in [6.45, 7) is 2.55. The van der Waals surface area contributed by atoms with Gasteiger partial charge in [0.2, 0.25) is 5.91 Å². The number of carbonyl (C=O) groups excluding carboxylic acids is 1. The number of benzene rings is 1. The number of likely N-dealkylation sites (N-methyl/N-ethyl adjacent to an activating group) is 1. The van der Waals surface area contributed by atoms with Gasteiger partial charge in [-0.25, -0.2) is 4.39 Å². The highest BCUT2D eigenvalue weighted by atomic mass is 19.1. The SMILES string of the molecule is CCN(CCC(=O)O)C(=O)C1(c2ccc(F)cc2)CCCC1. The molecule has 0 heterocycles. The minimum Gasteiger partial charge on any atom is -0.481 e. The van der Waals surface area contributed by atoms with Crippen molar-refractivity contribution in [1.82, 2.24) is 4.90 Å². The Morgan fingerprint density at radius 2 is 1.82 bits per heavy atom. The van der Waals surface area contributed by atoms with Gasteiger partial charge in [-0.1, -0.05) is 25.0 Å². The summed E-state index contributed by atoms with van der Waals surface area (Å²) in [5, 5.41) is 8.84. The third kappa shape index (κ3) is 3.29. The highest BCUT2D eigenvalue weighted by Gasteiger charge is 2.44. The summed E-state index contributed by atoms with van der Waals surface area (Å²) in [5.41, 5.74) is 0.215. The summed E-state index contributed by atoms with van der Waals surface area (Å²) in [5.74, 6) is -1.25. The average Bonchev–Trinajstić information content (AvgIpc) is 2.99. The molecule has 1 amide bonds. The fourth-order valence-corrected chi connectivity index (χ4v) is 3.31. The number of hydrogen-bond donors (Lipinski definition) is 1. The maximum atomic E-state index is 13.2. The molecule has 1 saturated carbocycles. The monoisotopic (exact) mass is 307 g/mol. The second-order valence-corrected chi connectivity index (χ2v) is 5.82. The molecule has 0 radical (unpaired) electrons. The summed E-state index contributed by atoms with van der Waals surface area (Å²) in [7, 11) is 0. The van der Waals surface area contributed by atoms with Crippen LogP contribution in [0.1, 0.15) is 44.6 Å².